The zero-order chi connectivity index (χ0) is 16.7. The van der Waals surface area contributed by atoms with Crippen molar-refractivity contribution in [1.82, 2.24) is 20.7 Å². The molecule has 0 aromatic carbocycles. The molecule has 0 spiro atoms. The average Bonchev–Trinajstić information content (AvgIpc) is 3.17. The van der Waals surface area contributed by atoms with Gasteiger partial charge in [-0.05, 0) is 40.0 Å². The number of nitrogens with zero attached hydrogens (tertiary/aromatic N) is 3. The van der Waals surface area contributed by atoms with Gasteiger partial charge in [-0.1, -0.05) is 5.16 Å². The fourth-order valence-corrected chi connectivity index (χ4v) is 2.72. The summed E-state index contributed by atoms with van der Waals surface area (Å²) in [6, 6.07) is 0. The summed E-state index contributed by atoms with van der Waals surface area (Å²) in [5.74, 6) is 1.63. The van der Waals surface area contributed by atoms with Crippen LogP contribution in [-0.4, -0.2) is 54.6 Å². The molecule has 1 aromatic heterocycles. The highest BCUT2D eigenvalue weighted by Gasteiger charge is 2.17. The lowest BCUT2D eigenvalue weighted by Gasteiger charge is -2.15. The molecule has 1 saturated heterocycles. The molecule has 0 aliphatic carbocycles. The number of rotatable bonds is 6. The number of aryl methyl sites for hydroxylation is 2. The van der Waals surface area contributed by atoms with E-state index in [0.29, 0.717) is 12.5 Å². The van der Waals surface area contributed by atoms with Gasteiger partial charge in [0, 0.05) is 31.7 Å². The average molecular weight is 321 g/mol. The topological polar surface area (TPSA) is 82.8 Å². The molecule has 1 amide bonds. The Balaban J connectivity index is 1.82. The number of carbonyl (C=O) groups excluding carboxylic acids is 1. The van der Waals surface area contributed by atoms with Crippen molar-refractivity contribution < 1.29 is 9.32 Å². The van der Waals surface area contributed by atoms with Gasteiger partial charge in [0.15, 0.2) is 5.96 Å². The predicted molar refractivity (Wildman–Crippen MR) is 89.5 cm³/mol. The van der Waals surface area contributed by atoms with Crippen LogP contribution in [0.4, 0.5) is 0 Å². The molecule has 0 radical (unpaired) electrons. The van der Waals surface area contributed by atoms with E-state index in [2.05, 4.69) is 20.8 Å². The van der Waals surface area contributed by atoms with E-state index >= 15 is 0 Å². The SMILES string of the molecule is CCNC(=NCC(=O)N1CCCC1)NCCc1c(C)noc1C. The van der Waals surface area contributed by atoms with Crippen molar-refractivity contribution in [3.63, 3.8) is 0 Å². The van der Waals surface area contributed by atoms with Gasteiger partial charge in [-0.25, -0.2) is 4.99 Å². The van der Waals surface area contributed by atoms with E-state index in [1.165, 1.54) is 0 Å². The van der Waals surface area contributed by atoms with Gasteiger partial charge in [-0.2, -0.15) is 0 Å². The van der Waals surface area contributed by atoms with Gasteiger partial charge in [-0.15, -0.1) is 0 Å². The molecule has 1 aliphatic rings. The maximum atomic E-state index is 12.0. The number of amides is 1. The molecule has 0 saturated carbocycles. The minimum atomic E-state index is 0.102. The molecule has 2 rings (SSSR count). The van der Waals surface area contributed by atoms with Gasteiger partial charge in [0.25, 0.3) is 0 Å². The van der Waals surface area contributed by atoms with Crippen molar-refractivity contribution in [2.75, 3.05) is 32.7 Å². The molecule has 0 bridgehead atoms. The summed E-state index contributed by atoms with van der Waals surface area (Å²) >= 11 is 0. The van der Waals surface area contributed by atoms with Crippen molar-refractivity contribution in [1.29, 1.82) is 0 Å². The van der Waals surface area contributed by atoms with E-state index in [4.69, 9.17) is 4.52 Å². The summed E-state index contributed by atoms with van der Waals surface area (Å²) in [4.78, 5) is 18.3. The first-order chi connectivity index (χ1) is 11.1. The molecule has 0 unspecified atom stereocenters. The second kappa shape index (κ2) is 8.55. The van der Waals surface area contributed by atoms with Crippen LogP contribution in [0.3, 0.4) is 0 Å². The molecular formula is C16H27N5O2. The monoisotopic (exact) mass is 321 g/mol. The Morgan fingerprint density at radius 1 is 1.30 bits per heavy atom. The highest BCUT2D eigenvalue weighted by molar-refractivity contribution is 5.85. The lowest BCUT2D eigenvalue weighted by atomic mass is 10.1. The van der Waals surface area contributed by atoms with Crippen molar-refractivity contribution in [2.45, 2.75) is 40.0 Å². The number of guanidine groups is 1. The van der Waals surface area contributed by atoms with Crippen LogP contribution in [0.25, 0.3) is 0 Å². The van der Waals surface area contributed by atoms with Gasteiger partial charge in [0.1, 0.15) is 12.3 Å². The number of likely N-dealkylation sites (tertiary alicyclic amines) is 1. The van der Waals surface area contributed by atoms with Gasteiger partial charge in [-0.3, -0.25) is 4.79 Å². The van der Waals surface area contributed by atoms with Crippen LogP contribution in [0.5, 0.6) is 0 Å². The van der Waals surface area contributed by atoms with Crippen LogP contribution >= 0.6 is 0 Å². The number of hydrogen-bond donors (Lipinski definition) is 2. The van der Waals surface area contributed by atoms with Crippen LogP contribution < -0.4 is 10.6 Å². The van der Waals surface area contributed by atoms with E-state index in [9.17, 15) is 4.79 Å². The Morgan fingerprint density at radius 2 is 2.04 bits per heavy atom. The molecule has 2 heterocycles. The second-order valence-corrected chi connectivity index (χ2v) is 5.76. The minimum Gasteiger partial charge on any atom is -0.361 e. The minimum absolute atomic E-state index is 0.102. The first-order valence-corrected chi connectivity index (χ1v) is 8.33. The van der Waals surface area contributed by atoms with E-state index < -0.39 is 0 Å². The van der Waals surface area contributed by atoms with Gasteiger partial charge in [0.2, 0.25) is 5.91 Å². The van der Waals surface area contributed by atoms with Crippen LogP contribution in [0.15, 0.2) is 9.52 Å². The standard InChI is InChI=1S/C16H27N5O2/c1-4-17-16(19-11-15(22)21-9-5-6-10-21)18-8-7-14-12(2)20-23-13(14)3/h4-11H2,1-3H3,(H2,17,18,19). The molecule has 0 atom stereocenters. The lowest BCUT2D eigenvalue weighted by Crippen LogP contribution is -2.39. The molecule has 1 fully saturated rings. The summed E-state index contributed by atoms with van der Waals surface area (Å²) in [7, 11) is 0. The number of carbonyl (C=O) groups is 1. The van der Waals surface area contributed by atoms with Gasteiger partial charge in [0.05, 0.1) is 5.69 Å². The van der Waals surface area contributed by atoms with E-state index in [1.807, 2.05) is 25.7 Å². The van der Waals surface area contributed by atoms with E-state index in [0.717, 1.165) is 55.9 Å². The Hall–Kier alpha value is -2.05. The van der Waals surface area contributed by atoms with Crippen molar-refractivity contribution in [3.8, 4) is 0 Å². The van der Waals surface area contributed by atoms with Gasteiger partial charge < -0.3 is 20.1 Å². The zero-order valence-corrected chi connectivity index (χ0v) is 14.3. The first-order valence-electron chi connectivity index (χ1n) is 8.33. The fourth-order valence-electron chi connectivity index (χ4n) is 2.72. The zero-order valence-electron chi connectivity index (χ0n) is 14.3. The third-order valence-electron chi connectivity index (χ3n) is 4.02. The molecule has 128 valence electrons. The highest BCUT2D eigenvalue weighted by Crippen LogP contribution is 2.12. The van der Waals surface area contributed by atoms with Crippen LogP contribution in [-0.2, 0) is 11.2 Å². The van der Waals surface area contributed by atoms with Gasteiger partial charge >= 0.3 is 0 Å². The highest BCUT2D eigenvalue weighted by atomic mass is 16.5. The number of hydrogen-bond acceptors (Lipinski definition) is 4. The summed E-state index contributed by atoms with van der Waals surface area (Å²) in [6.07, 6.45) is 3.02. The lowest BCUT2D eigenvalue weighted by molar-refractivity contribution is -0.128. The quantitative estimate of drug-likeness (QED) is 0.603. The summed E-state index contributed by atoms with van der Waals surface area (Å²) in [6.45, 7) is 9.27. The van der Waals surface area contributed by atoms with E-state index in [-0.39, 0.29) is 12.5 Å². The Labute approximate surface area is 137 Å². The molecule has 1 aromatic rings. The largest absolute Gasteiger partial charge is 0.361 e. The maximum absolute atomic E-state index is 12.0. The maximum Gasteiger partial charge on any atom is 0.244 e. The van der Waals surface area contributed by atoms with Crippen molar-refractivity contribution >= 4 is 11.9 Å². The molecule has 7 nitrogen and oxygen atoms in total. The van der Waals surface area contributed by atoms with Crippen LogP contribution in [0.2, 0.25) is 0 Å². The van der Waals surface area contributed by atoms with Crippen molar-refractivity contribution in [2.24, 2.45) is 4.99 Å². The Morgan fingerprint density at radius 3 is 2.65 bits per heavy atom. The van der Waals surface area contributed by atoms with Crippen molar-refractivity contribution in [3.05, 3.63) is 17.0 Å². The molecular weight excluding hydrogens is 294 g/mol. The summed E-state index contributed by atoms with van der Waals surface area (Å²) in [5, 5.41) is 10.4. The predicted octanol–water partition coefficient (Wildman–Crippen LogP) is 1.01. The molecule has 7 heteroatoms. The number of aliphatic imine (C=N–C) groups is 1. The molecule has 23 heavy (non-hydrogen) atoms. The van der Waals surface area contributed by atoms with Crippen LogP contribution in [0.1, 0.15) is 36.8 Å². The Kier molecular flexibility index (Phi) is 6.43. The van der Waals surface area contributed by atoms with Crippen LogP contribution in [0, 0.1) is 13.8 Å². The van der Waals surface area contributed by atoms with E-state index in [1.54, 1.807) is 0 Å². The Bertz CT molecular complexity index is 527. The normalized spacial score (nSPS) is 15.1. The molecule has 1 aliphatic heterocycles. The molecule has 2 N–H and O–H groups in total. The third-order valence-corrected chi connectivity index (χ3v) is 4.02. The smallest absolute Gasteiger partial charge is 0.244 e. The first kappa shape index (κ1) is 17.3. The third kappa shape index (κ3) is 4.97. The number of aromatic nitrogens is 1. The summed E-state index contributed by atoms with van der Waals surface area (Å²) in [5.41, 5.74) is 2.05. The number of nitrogens with one attached hydrogen (secondary N) is 2. The second-order valence-electron chi connectivity index (χ2n) is 5.76. The fraction of sp³-hybridized carbons (Fsp3) is 0.688. The summed E-state index contributed by atoms with van der Waals surface area (Å²) < 4.78 is 5.16.